The Bertz CT molecular complexity index is 832. The van der Waals surface area contributed by atoms with Crippen LogP contribution in [0.15, 0.2) is 36.4 Å². The fraction of sp³-hybridized carbons (Fsp3) is 0.500. The lowest BCUT2D eigenvalue weighted by molar-refractivity contribution is 0.0268. The van der Waals surface area contributed by atoms with Crippen molar-refractivity contribution >= 4 is 5.69 Å². The molecule has 1 fully saturated rings. The van der Waals surface area contributed by atoms with E-state index in [1.165, 1.54) is 16.8 Å². The molecular formula is C24H32N2O4. The predicted molar refractivity (Wildman–Crippen MR) is 118 cm³/mol. The highest BCUT2D eigenvalue weighted by atomic mass is 16.5. The monoisotopic (exact) mass is 412 g/mol. The maximum atomic E-state index is 6.28. The minimum absolute atomic E-state index is 0.0647. The molecule has 6 heteroatoms. The third kappa shape index (κ3) is 4.50. The van der Waals surface area contributed by atoms with Gasteiger partial charge in [-0.15, -0.1) is 0 Å². The van der Waals surface area contributed by atoms with Crippen LogP contribution in [-0.4, -0.2) is 65.6 Å². The molecule has 2 aromatic rings. The molecule has 2 aliphatic rings. The number of rotatable bonds is 6. The second-order valence-corrected chi connectivity index (χ2v) is 7.85. The second-order valence-electron chi connectivity index (χ2n) is 7.85. The molecule has 4 rings (SSSR count). The van der Waals surface area contributed by atoms with E-state index < -0.39 is 0 Å². The number of benzene rings is 2. The molecule has 0 amide bonds. The first kappa shape index (κ1) is 20.8. The lowest BCUT2D eigenvalue weighted by Crippen LogP contribution is -2.47. The van der Waals surface area contributed by atoms with E-state index in [1.807, 2.05) is 12.1 Å². The number of nitrogens with zero attached hydrogens (tertiary/aromatic N) is 2. The maximum Gasteiger partial charge on any atom is 0.161 e. The summed E-state index contributed by atoms with van der Waals surface area (Å²) in [5.41, 5.74) is 3.80. The van der Waals surface area contributed by atoms with Gasteiger partial charge in [0, 0.05) is 45.0 Å². The summed E-state index contributed by atoms with van der Waals surface area (Å²) in [4.78, 5) is 4.95. The molecule has 0 aromatic heterocycles. The highest BCUT2D eigenvalue weighted by molar-refractivity contribution is 5.50. The number of ether oxygens (including phenoxy) is 4. The highest BCUT2D eigenvalue weighted by Gasteiger charge is 2.26. The van der Waals surface area contributed by atoms with Gasteiger partial charge in [-0.05, 0) is 60.4 Å². The van der Waals surface area contributed by atoms with Gasteiger partial charge in [0.25, 0.3) is 0 Å². The highest BCUT2D eigenvalue weighted by Crippen LogP contribution is 2.37. The first-order valence-electron chi connectivity index (χ1n) is 10.7. The number of piperazine rings is 1. The lowest BCUT2D eigenvalue weighted by Gasteiger charge is -2.37. The minimum atomic E-state index is 0.0647. The summed E-state index contributed by atoms with van der Waals surface area (Å²) in [5.74, 6) is 2.47. The van der Waals surface area contributed by atoms with Gasteiger partial charge in [-0.25, -0.2) is 0 Å². The molecule has 6 nitrogen and oxygen atoms in total. The van der Waals surface area contributed by atoms with Crippen molar-refractivity contribution in [2.75, 3.05) is 65.6 Å². The van der Waals surface area contributed by atoms with E-state index in [1.54, 1.807) is 21.3 Å². The largest absolute Gasteiger partial charge is 0.497 e. The Balaban J connectivity index is 1.42. The standard InChI is InChI=1S/C24H32N2O4/c1-27-20-8-6-19(7-9-20)26-12-10-25(11-13-26)17-24-21-16-23(29-3)22(28-2)15-18(21)5-4-14-30-24/h6-9,15-16,24H,4-5,10-14,17H2,1-3H3. The van der Waals surface area contributed by atoms with Gasteiger partial charge in [0.2, 0.25) is 0 Å². The molecular weight excluding hydrogens is 380 g/mol. The van der Waals surface area contributed by atoms with E-state index in [9.17, 15) is 0 Å². The normalized spacial score (nSPS) is 19.7. The number of aryl methyl sites for hydroxylation is 1. The van der Waals surface area contributed by atoms with Crippen molar-refractivity contribution in [3.63, 3.8) is 0 Å². The molecule has 0 saturated carbocycles. The number of anilines is 1. The fourth-order valence-electron chi connectivity index (χ4n) is 4.40. The van der Waals surface area contributed by atoms with E-state index in [-0.39, 0.29) is 6.10 Å². The van der Waals surface area contributed by atoms with Crippen molar-refractivity contribution in [3.8, 4) is 17.2 Å². The van der Waals surface area contributed by atoms with Crippen LogP contribution in [0.1, 0.15) is 23.7 Å². The summed E-state index contributed by atoms with van der Waals surface area (Å²) < 4.78 is 22.6. The molecule has 1 saturated heterocycles. The molecule has 2 heterocycles. The zero-order valence-electron chi connectivity index (χ0n) is 18.2. The van der Waals surface area contributed by atoms with Crippen LogP contribution >= 0.6 is 0 Å². The summed E-state index contributed by atoms with van der Waals surface area (Å²) in [6, 6.07) is 12.6. The van der Waals surface area contributed by atoms with E-state index in [2.05, 4.69) is 34.1 Å². The summed E-state index contributed by atoms with van der Waals surface area (Å²) in [6.45, 7) is 5.76. The molecule has 0 aliphatic carbocycles. The van der Waals surface area contributed by atoms with E-state index in [0.717, 1.165) is 69.4 Å². The first-order chi connectivity index (χ1) is 14.7. The van der Waals surface area contributed by atoms with Crippen LogP contribution in [0.2, 0.25) is 0 Å². The van der Waals surface area contributed by atoms with Gasteiger partial charge in [-0.3, -0.25) is 4.90 Å². The zero-order chi connectivity index (χ0) is 20.9. The van der Waals surface area contributed by atoms with Crippen molar-refractivity contribution in [2.24, 2.45) is 0 Å². The Hall–Kier alpha value is -2.44. The van der Waals surface area contributed by atoms with Crippen molar-refractivity contribution in [3.05, 3.63) is 47.5 Å². The molecule has 2 aliphatic heterocycles. The number of hydrogen-bond acceptors (Lipinski definition) is 6. The molecule has 0 bridgehead atoms. The Morgan fingerprint density at radius 1 is 0.900 bits per heavy atom. The van der Waals surface area contributed by atoms with Crippen LogP contribution in [0, 0.1) is 0 Å². The number of methoxy groups -OCH3 is 3. The summed E-state index contributed by atoms with van der Waals surface area (Å²) >= 11 is 0. The predicted octanol–water partition coefficient (Wildman–Crippen LogP) is 3.54. The van der Waals surface area contributed by atoms with E-state index in [4.69, 9.17) is 18.9 Å². The molecule has 30 heavy (non-hydrogen) atoms. The van der Waals surface area contributed by atoms with Crippen LogP contribution in [0.3, 0.4) is 0 Å². The maximum absolute atomic E-state index is 6.28. The van der Waals surface area contributed by atoms with E-state index in [0.29, 0.717) is 0 Å². The SMILES string of the molecule is COc1ccc(N2CCN(CC3OCCCc4cc(OC)c(OC)cc43)CC2)cc1. The lowest BCUT2D eigenvalue weighted by atomic mass is 9.98. The van der Waals surface area contributed by atoms with Crippen LogP contribution in [0.25, 0.3) is 0 Å². The molecule has 1 atom stereocenters. The van der Waals surface area contributed by atoms with Crippen molar-refractivity contribution in [2.45, 2.75) is 18.9 Å². The van der Waals surface area contributed by atoms with Crippen LogP contribution in [-0.2, 0) is 11.2 Å². The zero-order valence-corrected chi connectivity index (χ0v) is 18.2. The van der Waals surface area contributed by atoms with Gasteiger partial charge >= 0.3 is 0 Å². The summed E-state index contributed by atoms with van der Waals surface area (Å²) in [6.07, 6.45) is 2.11. The molecule has 2 aromatic carbocycles. The van der Waals surface area contributed by atoms with E-state index >= 15 is 0 Å². The van der Waals surface area contributed by atoms with Gasteiger partial charge in [0.15, 0.2) is 11.5 Å². The Morgan fingerprint density at radius 2 is 1.60 bits per heavy atom. The summed E-state index contributed by atoms with van der Waals surface area (Å²) in [7, 11) is 5.08. The Labute approximate surface area is 179 Å². The number of hydrogen-bond donors (Lipinski definition) is 0. The van der Waals surface area contributed by atoms with Gasteiger partial charge in [-0.1, -0.05) is 0 Å². The second kappa shape index (κ2) is 9.58. The topological polar surface area (TPSA) is 43.4 Å². The molecule has 0 N–H and O–H groups in total. The summed E-state index contributed by atoms with van der Waals surface area (Å²) in [5, 5.41) is 0. The van der Waals surface area contributed by atoms with Crippen molar-refractivity contribution in [1.82, 2.24) is 4.90 Å². The average Bonchev–Trinajstić information content (AvgIpc) is 3.00. The van der Waals surface area contributed by atoms with Gasteiger partial charge in [0.1, 0.15) is 5.75 Å². The first-order valence-corrected chi connectivity index (χ1v) is 10.7. The quantitative estimate of drug-likeness (QED) is 0.723. The molecule has 0 radical (unpaired) electrons. The molecule has 0 spiro atoms. The van der Waals surface area contributed by atoms with Crippen LogP contribution in [0.4, 0.5) is 5.69 Å². The smallest absolute Gasteiger partial charge is 0.161 e. The third-order valence-corrected chi connectivity index (χ3v) is 6.14. The number of fused-ring (bicyclic) bond motifs is 1. The van der Waals surface area contributed by atoms with Gasteiger partial charge < -0.3 is 23.8 Å². The fourth-order valence-corrected chi connectivity index (χ4v) is 4.40. The Kier molecular flexibility index (Phi) is 6.65. The minimum Gasteiger partial charge on any atom is -0.497 e. The average molecular weight is 413 g/mol. The third-order valence-electron chi connectivity index (χ3n) is 6.14. The van der Waals surface area contributed by atoms with Crippen LogP contribution in [0.5, 0.6) is 17.2 Å². The van der Waals surface area contributed by atoms with Crippen LogP contribution < -0.4 is 19.1 Å². The molecule has 162 valence electrons. The molecule has 1 unspecified atom stereocenters. The van der Waals surface area contributed by atoms with Gasteiger partial charge in [0.05, 0.1) is 27.4 Å². The van der Waals surface area contributed by atoms with Gasteiger partial charge in [-0.2, -0.15) is 0 Å². The van der Waals surface area contributed by atoms with Crippen molar-refractivity contribution < 1.29 is 18.9 Å². The Morgan fingerprint density at radius 3 is 2.27 bits per heavy atom. The van der Waals surface area contributed by atoms with Crippen molar-refractivity contribution in [1.29, 1.82) is 0 Å².